The summed E-state index contributed by atoms with van der Waals surface area (Å²) in [6, 6.07) is 9.87. The maximum Gasteiger partial charge on any atom is 0.232 e. The largest absolute Gasteiger partial charge is 0.343 e. The summed E-state index contributed by atoms with van der Waals surface area (Å²) < 4.78 is 0. The Kier molecular flexibility index (Phi) is 5.66. The van der Waals surface area contributed by atoms with Crippen LogP contribution in [0.15, 0.2) is 30.3 Å². The first-order valence-corrected chi connectivity index (χ1v) is 9.77. The second-order valence-corrected chi connectivity index (χ2v) is 8.24. The summed E-state index contributed by atoms with van der Waals surface area (Å²) in [4.78, 5) is 30.1. The zero-order chi connectivity index (χ0) is 18.7. The fourth-order valence-corrected chi connectivity index (χ4v) is 4.52. The van der Waals surface area contributed by atoms with Gasteiger partial charge in [0.05, 0.1) is 5.41 Å². The minimum absolute atomic E-state index is 0.108. The van der Waals surface area contributed by atoms with Gasteiger partial charge in [-0.25, -0.2) is 0 Å². The minimum atomic E-state index is -0.405. The normalized spacial score (nSPS) is 26.5. The molecule has 0 radical (unpaired) electrons. The van der Waals surface area contributed by atoms with E-state index in [2.05, 4.69) is 31.1 Å². The molecular formula is C21H31N3O2. The van der Waals surface area contributed by atoms with Crippen molar-refractivity contribution < 1.29 is 9.59 Å². The van der Waals surface area contributed by atoms with E-state index >= 15 is 0 Å². The lowest BCUT2D eigenvalue weighted by molar-refractivity contribution is -0.132. The molecule has 1 aromatic rings. The van der Waals surface area contributed by atoms with Gasteiger partial charge in [0, 0.05) is 31.2 Å². The van der Waals surface area contributed by atoms with Gasteiger partial charge in [-0.2, -0.15) is 0 Å². The van der Waals surface area contributed by atoms with E-state index in [1.807, 2.05) is 35.2 Å². The van der Waals surface area contributed by atoms with E-state index in [0.29, 0.717) is 18.9 Å². The molecule has 2 atom stereocenters. The number of para-hydroxylation sites is 1. The topological polar surface area (TPSA) is 52.7 Å². The lowest BCUT2D eigenvalue weighted by Gasteiger charge is -2.34. The summed E-state index contributed by atoms with van der Waals surface area (Å²) in [5.41, 5.74) is 0.439. The van der Waals surface area contributed by atoms with E-state index in [9.17, 15) is 9.59 Å². The highest BCUT2D eigenvalue weighted by atomic mass is 16.2. The van der Waals surface area contributed by atoms with E-state index in [4.69, 9.17) is 0 Å². The van der Waals surface area contributed by atoms with Crippen LogP contribution in [0.25, 0.3) is 0 Å². The summed E-state index contributed by atoms with van der Waals surface area (Å²) in [5.74, 6) is 0.695. The Morgan fingerprint density at radius 3 is 2.54 bits per heavy atom. The van der Waals surface area contributed by atoms with E-state index < -0.39 is 5.41 Å². The number of nitrogens with zero attached hydrogens (tertiary/aromatic N) is 2. The average molecular weight is 357 g/mol. The first-order chi connectivity index (χ1) is 12.4. The summed E-state index contributed by atoms with van der Waals surface area (Å²) in [5, 5.41) is 3.13. The molecule has 2 saturated heterocycles. The first-order valence-electron chi connectivity index (χ1n) is 9.77. The van der Waals surface area contributed by atoms with Crippen molar-refractivity contribution in [3.63, 3.8) is 0 Å². The lowest BCUT2D eigenvalue weighted by atomic mass is 9.75. The van der Waals surface area contributed by atoms with Gasteiger partial charge >= 0.3 is 0 Å². The molecule has 2 fully saturated rings. The van der Waals surface area contributed by atoms with Crippen LogP contribution < -0.4 is 5.32 Å². The molecule has 0 bridgehead atoms. The van der Waals surface area contributed by atoms with Crippen LogP contribution in [0, 0.1) is 11.3 Å². The fraction of sp³-hybridized carbons (Fsp3) is 0.619. The molecule has 3 rings (SSSR count). The van der Waals surface area contributed by atoms with Gasteiger partial charge in [0.25, 0.3) is 0 Å². The standard InChI is InChI=1S/C21H31N3O2/c1-16(2)15-19(25)24-12-9-18-21(11-14-24,10-13-23(18)3)20(26)22-17-7-5-4-6-8-17/h4-8,16,18H,9-15H2,1-3H3,(H,22,26)/t18-,21-/m1/s1. The molecule has 2 heterocycles. The van der Waals surface area contributed by atoms with Crippen molar-refractivity contribution in [3.05, 3.63) is 30.3 Å². The van der Waals surface area contributed by atoms with E-state index in [1.165, 1.54) is 0 Å². The highest BCUT2D eigenvalue weighted by Gasteiger charge is 2.52. The molecule has 0 aliphatic carbocycles. The van der Waals surface area contributed by atoms with Crippen LogP contribution >= 0.6 is 0 Å². The summed E-state index contributed by atoms with van der Waals surface area (Å²) >= 11 is 0. The van der Waals surface area contributed by atoms with Gasteiger partial charge in [0.15, 0.2) is 0 Å². The third kappa shape index (κ3) is 3.78. The molecular weight excluding hydrogens is 326 g/mol. The number of fused-ring (bicyclic) bond motifs is 1. The lowest BCUT2D eigenvalue weighted by Crippen LogP contribution is -2.46. The Morgan fingerprint density at radius 2 is 1.85 bits per heavy atom. The van der Waals surface area contributed by atoms with E-state index in [1.54, 1.807) is 0 Å². The molecule has 2 aliphatic rings. The van der Waals surface area contributed by atoms with E-state index in [0.717, 1.165) is 38.0 Å². The number of amides is 2. The molecule has 5 heteroatoms. The van der Waals surface area contributed by atoms with Crippen LogP contribution in [0.4, 0.5) is 5.69 Å². The number of carbonyl (C=O) groups is 2. The monoisotopic (exact) mass is 357 g/mol. The summed E-state index contributed by atoms with van der Waals surface area (Å²) in [6.07, 6.45) is 3.05. The Bertz CT molecular complexity index is 646. The van der Waals surface area contributed by atoms with Gasteiger partial charge < -0.3 is 15.1 Å². The van der Waals surface area contributed by atoms with Crippen molar-refractivity contribution in [2.45, 2.75) is 45.6 Å². The predicted molar refractivity (Wildman–Crippen MR) is 104 cm³/mol. The fourth-order valence-electron chi connectivity index (χ4n) is 4.52. The van der Waals surface area contributed by atoms with Gasteiger partial charge in [-0.3, -0.25) is 9.59 Å². The van der Waals surface area contributed by atoms with Crippen molar-refractivity contribution in [3.8, 4) is 0 Å². The Hall–Kier alpha value is -1.88. The van der Waals surface area contributed by atoms with Crippen LogP contribution in [0.3, 0.4) is 0 Å². The van der Waals surface area contributed by atoms with Crippen molar-refractivity contribution in [1.29, 1.82) is 0 Å². The number of benzene rings is 1. The van der Waals surface area contributed by atoms with Gasteiger partial charge in [-0.1, -0.05) is 32.0 Å². The number of anilines is 1. The van der Waals surface area contributed by atoms with Crippen molar-refractivity contribution in [1.82, 2.24) is 9.80 Å². The number of carbonyl (C=O) groups excluding carboxylic acids is 2. The Morgan fingerprint density at radius 1 is 1.15 bits per heavy atom. The molecule has 5 nitrogen and oxygen atoms in total. The molecule has 1 aromatic carbocycles. The number of likely N-dealkylation sites (tertiary alicyclic amines) is 2. The third-order valence-corrected chi connectivity index (χ3v) is 6.00. The molecule has 0 unspecified atom stereocenters. The molecule has 142 valence electrons. The second kappa shape index (κ2) is 7.78. The number of rotatable bonds is 4. The first kappa shape index (κ1) is 18.9. The molecule has 1 N–H and O–H groups in total. The SMILES string of the molecule is CC(C)CC(=O)N1CC[C@H]2N(C)CC[C@@]2(C(=O)Nc2ccccc2)CC1. The summed E-state index contributed by atoms with van der Waals surface area (Å²) in [6.45, 7) is 6.52. The number of nitrogens with one attached hydrogen (secondary N) is 1. The molecule has 0 spiro atoms. The maximum atomic E-state index is 13.3. The summed E-state index contributed by atoms with van der Waals surface area (Å²) in [7, 11) is 2.10. The molecule has 26 heavy (non-hydrogen) atoms. The second-order valence-electron chi connectivity index (χ2n) is 8.24. The molecule has 0 saturated carbocycles. The zero-order valence-electron chi connectivity index (χ0n) is 16.2. The van der Waals surface area contributed by atoms with Crippen LogP contribution in [0.5, 0.6) is 0 Å². The zero-order valence-corrected chi connectivity index (χ0v) is 16.2. The quantitative estimate of drug-likeness (QED) is 0.901. The Balaban J connectivity index is 1.77. The van der Waals surface area contributed by atoms with Crippen LogP contribution in [0.2, 0.25) is 0 Å². The van der Waals surface area contributed by atoms with Crippen LogP contribution in [0.1, 0.15) is 39.5 Å². The highest BCUT2D eigenvalue weighted by Crippen LogP contribution is 2.44. The van der Waals surface area contributed by atoms with Crippen molar-refractivity contribution >= 4 is 17.5 Å². The van der Waals surface area contributed by atoms with Gasteiger partial charge in [-0.05, 0) is 50.9 Å². The minimum Gasteiger partial charge on any atom is -0.343 e. The van der Waals surface area contributed by atoms with Crippen LogP contribution in [-0.2, 0) is 9.59 Å². The van der Waals surface area contributed by atoms with Crippen LogP contribution in [-0.4, -0.2) is 54.3 Å². The third-order valence-electron chi connectivity index (χ3n) is 6.00. The van der Waals surface area contributed by atoms with Gasteiger partial charge in [-0.15, -0.1) is 0 Å². The average Bonchev–Trinajstić information content (AvgIpc) is 2.80. The smallest absolute Gasteiger partial charge is 0.232 e. The van der Waals surface area contributed by atoms with Crippen molar-refractivity contribution in [2.75, 3.05) is 32.0 Å². The molecule has 2 aliphatic heterocycles. The van der Waals surface area contributed by atoms with E-state index in [-0.39, 0.29) is 17.9 Å². The van der Waals surface area contributed by atoms with Gasteiger partial charge in [0.1, 0.15) is 0 Å². The molecule has 0 aromatic heterocycles. The Labute approximate surface area is 156 Å². The predicted octanol–water partition coefficient (Wildman–Crippen LogP) is 2.98. The van der Waals surface area contributed by atoms with Crippen molar-refractivity contribution in [2.24, 2.45) is 11.3 Å². The molecule has 2 amide bonds. The maximum absolute atomic E-state index is 13.3. The van der Waals surface area contributed by atoms with Gasteiger partial charge in [0.2, 0.25) is 11.8 Å². The number of hydrogen-bond donors (Lipinski definition) is 1. The number of hydrogen-bond acceptors (Lipinski definition) is 3. The highest BCUT2D eigenvalue weighted by molar-refractivity contribution is 5.96.